The molecule has 0 saturated heterocycles. The zero-order valence-electron chi connectivity index (χ0n) is 18.4. The maximum atomic E-state index is 13.0. The molecule has 0 aromatic heterocycles. The average molecular weight is 414 g/mol. The van der Waals surface area contributed by atoms with E-state index in [-0.39, 0.29) is 29.8 Å². The molecule has 4 bridgehead atoms. The molecule has 6 heteroatoms. The molecule has 4 fully saturated rings. The molecule has 6 nitrogen and oxygen atoms in total. The average Bonchev–Trinajstić information content (AvgIpc) is 2.71. The van der Waals surface area contributed by atoms with Gasteiger partial charge in [-0.3, -0.25) is 9.59 Å². The topological polar surface area (TPSA) is 70.7 Å². The minimum absolute atomic E-state index is 0.0102. The predicted molar refractivity (Wildman–Crippen MR) is 116 cm³/mol. The molecule has 4 saturated carbocycles. The number of carbonyl (C=O) groups is 2. The van der Waals surface area contributed by atoms with E-state index in [0.717, 1.165) is 48.3 Å². The van der Waals surface area contributed by atoms with E-state index in [4.69, 9.17) is 4.74 Å². The smallest absolute Gasteiger partial charge is 0.239 e. The number of ether oxygens (including phenoxy) is 1. The number of carbonyl (C=O) groups excluding carboxylic acids is 2. The van der Waals surface area contributed by atoms with Crippen LogP contribution in [-0.4, -0.2) is 51.0 Å². The molecule has 2 amide bonds. The predicted octanol–water partition coefficient (Wildman–Crippen LogP) is 2.75. The first kappa shape index (κ1) is 21.2. The van der Waals surface area contributed by atoms with E-state index in [1.165, 1.54) is 19.3 Å². The van der Waals surface area contributed by atoms with E-state index in [9.17, 15) is 9.59 Å². The Bertz CT molecular complexity index is 756. The second-order valence-electron chi connectivity index (χ2n) is 9.91. The van der Waals surface area contributed by atoms with Gasteiger partial charge in [0.15, 0.2) is 0 Å². The van der Waals surface area contributed by atoms with Crippen molar-refractivity contribution in [1.82, 2.24) is 15.5 Å². The van der Waals surface area contributed by atoms with E-state index in [0.29, 0.717) is 6.54 Å². The van der Waals surface area contributed by atoms with Crippen molar-refractivity contribution in [2.75, 3.05) is 34.3 Å². The van der Waals surface area contributed by atoms with Gasteiger partial charge >= 0.3 is 0 Å². The van der Waals surface area contributed by atoms with E-state index >= 15 is 0 Å². The first-order chi connectivity index (χ1) is 14.4. The van der Waals surface area contributed by atoms with Gasteiger partial charge in [-0.25, -0.2) is 0 Å². The molecule has 164 valence electrons. The van der Waals surface area contributed by atoms with Crippen LogP contribution < -0.4 is 15.4 Å². The number of methoxy groups -OCH3 is 1. The Kier molecular flexibility index (Phi) is 6.05. The van der Waals surface area contributed by atoms with E-state index in [1.807, 2.05) is 38.4 Å². The van der Waals surface area contributed by atoms with Crippen molar-refractivity contribution >= 4 is 11.8 Å². The quantitative estimate of drug-likeness (QED) is 0.688. The highest BCUT2D eigenvalue weighted by Crippen LogP contribution is 2.60. The second-order valence-corrected chi connectivity index (χ2v) is 9.91. The number of para-hydroxylation sites is 1. The summed E-state index contributed by atoms with van der Waals surface area (Å²) in [6.45, 7) is 0.506. The van der Waals surface area contributed by atoms with Crippen LogP contribution in [0.1, 0.15) is 50.1 Å². The van der Waals surface area contributed by atoms with Crippen LogP contribution in [0, 0.1) is 23.2 Å². The fourth-order valence-corrected chi connectivity index (χ4v) is 6.52. The third-order valence-electron chi connectivity index (χ3n) is 7.54. The Balaban J connectivity index is 1.31. The molecular weight excluding hydrogens is 378 g/mol. The zero-order chi connectivity index (χ0) is 21.3. The fraction of sp³-hybridized carbons (Fsp3) is 0.667. The number of likely N-dealkylation sites (N-methyl/N-ethyl adjacent to an activating group) is 1. The van der Waals surface area contributed by atoms with Crippen molar-refractivity contribution in [3.8, 4) is 5.75 Å². The van der Waals surface area contributed by atoms with Crippen LogP contribution in [0.4, 0.5) is 0 Å². The van der Waals surface area contributed by atoms with E-state index in [1.54, 1.807) is 7.11 Å². The Morgan fingerprint density at radius 1 is 1.07 bits per heavy atom. The summed E-state index contributed by atoms with van der Waals surface area (Å²) in [7, 11) is 5.63. The minimum atomic E-state index is -0.210. The van der Waals surface area contributed by atoms with Gasteiger partial charge in [-0.1, -0.05) is 18.2 Å². The monoisotopic (exact) mass is 413 g/mol. The number of benzene rings is 1. The highest BCUT2D eigenvalue weighted by atomic mass is 16.5. The van der Waals surface area contributed by atoms with E-state index < -0.39 is 0 Å². The van der Waals surface area contributed by atoms with Gasteiger partial charge < -0.3 is 20.3 Å². The molecule has 0 aliphatic heterocycles. The Hall–Kier alpha value is -2.08. The molecule has 4 aliphatic rings. The Morgan fingerprint density at radius 3 is 2.23 bits per heavy atom. The normalized spacial score (nSPS) is 30.2. The summed E-state index contributed by atoms with van der Waals surface area (Å²) < 4.78 is 5.48. The van der Waals surface area contributed by atoms with Crippen LogP contribution in [-0.2, 0) is 9.59 Å². The molecule has 0 radical (unpaired) electrons. The highest BCUT2D eigenvalue weighted by Gasteiger charge is 2.54. The van der Waals surface area contributed by atoms with Crippen LogP contribution in [0.25, 0.3) is 0 Å². The van der Waals surface area contributed by atoms with Gasteiger partial charge in [-0.05, 0) is 76.4 Å². The van der Waals surface area contributed by atoms with Gasteiger partial charge in [-0.15, -0.1) is 0 Å². The summed E-state index contributed by atoms with van der Waals surface area (Å²) in [5, 5.41) is 5.96. The van der Waals surface area contributed by atoms with Gasteiger partial charge in [0, 0.05) is 17.5 Å². The third-order valence-corrected chi connectivity index (χ3v) is 7.54. The molecule has 30 heavy (non-hydrogen) atoms. The lowest BCUT2D eigenvalue weighted by molar-refractivity contribution is -0.147. The third kappa shape index (κ3) is 4.20. The number of nitrogens with one attached hydrogen (secondary N) is 2. The fourth-order valence-electron chi connectivity index (χ4n) is 6.52. The van der Waals surface area contributed by atoms with Crippen molar-refractivity contribution in [2.45, 2.75) is 44.6 Å². The molecule has 0 spiro atoms. The van der Waals surface area contributed by atoms with Crippen LogP contribution in [0.5, 0.6) is 5.75 Å². The number of amides is 2. The maximum absolute atomic E-state index is 13.0. The molecule has 1 aromatic carbocycles. The standard InChI is InChI=1S/C24H35N3O3/c1-27(2)20(19-6-4-5-7-21(19)30-3)14-25-22(28)15-26-23(29)24-11-16-8-17(12-24)10-18(9-16)13-24/h4-7,16-18,20H,8-15H2,1-3H3,(H,25,28)(H,26,29). The van der Waals surface area contributed by atoms with Crippen molar-refractivity contribution in [3.05, 3.63) is 29.8 Å². The summed E-state index contributed by atoms with van der Waals surface area (Å²) in [5.41, 5.74) is 0.821. The Morgan fingerprint density at radius 2 is 1.67 bits per heavy atom. The van der Waals surface area contributed by atoms with Gasteiger partial charge in [0.1, 0.15) is 5.75 Å². The summed E-state index contributed by atoms with van der Waals surface area (Å²) in [4.78, 5) is 27.6. The Labute approximate surface area is 179 Å². The SMILES string of the molecule is COc1ccccc1C(CNC(=O)CNC(=O)C12CC3CC(CC(C3)C1)C2)N(C)C. The number of hydrogen-bond donors (Lipinski definition) is 2. The summed E-state index contributed by atoms with van der Waals surface area (Å²) >= 11 is 0. The molecule has 5 rings (SSSR count). The van der Waals surface area contributed by atoms with Crippen molar-refractivity contribution < 1.29 is 14.3 Å². The number of hydrogen-bond acceptors (Lipinski definition) is 4. The van der Waals surface area contributed by atoms with E-state index in [2.05, 4.69) is 15.5 Å². The van der Waals surface area contributed by atoms with Crippen LogP contribution in [0.15, 0.2) is 24.3 Å². The highest BCUT2D eigenvalue weighted by molar-refractivity contribution is 5.88. The largest absolute Gasteiger partial charge is 0.496 e. The van der Waals surface area contributed by atoms with Crippen LogP contribution in [0.3, 0.4) is 0 Å². The van der Waals surface area contributed by atoms with Crippen LogP contribution in [0.2, 0.25) is 0 Å². The van der Waals surface area contributed by atoms with Crippen LogP contribution >= 0.6 is 0 Å². The lowest BCUT2D eigenvalue weighted by Crippen LogP contribution is -2.54. The number of rotatable bonds is 8. The zero-order valence-corrected chi connectivity index (χ0v) is 18.4. The summed E-state index contributed by atoms with van der Waals surface area (Å²) in [6.07, 6.45) is 6.97. The summed E-state index contributed by atoms with van der Waals surface area (Å²) in [6, 6.07) is 7.85. The lowest BCUT2D eigenvalue weighted by atomic mass is 9.49. The molecule has 1 atom stereocenters. The summed E-state index contributed by atoms with van der Waals surface area (Å²) in [5.74, 6) is 2.92. The molecule has 2 N–H and O–H groups in total. The lowest BCUT2D eigenvalue weighted by Gasteiger charge is -2.55. The molecule has 4 aliphatic carbocycles. The number of nitrogens with zero attached hydrogens (tertiary/aromatic N) is 1. The first-order valence-electron chi connectivity index (χ1n) is 11.2. The molecule has 0 heterocycles. The van der Waals surface area contributed by atoms with Gasteiger partial charge in [0.2, 0.25) is 11.8 Å². The van der Waals surface area contributed by atoms with Gasteiger partial charge in [0.05, 0.1) is 19.7 Å². The second kappa shape index (κ2) is 8.58. The van der Waals surface area contributed by atoms with Gasteiger partial charge in [0.25, 0.3) is 0 Å². The molecule has 1 aromatic rings. The van der Waals surface area contributed by atoms with Crippen molar-refractivity contribution in [2.24, 2.45) is 23.2 Å². The van der Waals surface area contributed by atoms with Crippen molar-refractivity contribution in [3.63, 3.8) is 0 Å². The maximum Gasteiger partial charge on any atom is 0.239 e. The molecular formula is C24H35N3O3. The first-order valence-corrected chi connectivity index (χ1v) is 11.2. The minimum Gasteiger partial charge on any atom is -0.496 e. The molecule has 1 unspecified atom stereocenters. The van der Waals surface area contributed by atoms with Crippen molar-refractivity contribution in [1.29, 1.82) is 0 Å². The van der Waals surface area contributed by atoms with Gasteiger partial charge in [-0.2, -0.15) is 0 Å².